The summed E-state index contributed by atoms with van der Waals surface area (Å²) in [7, 11) is 1.41. The Bertz CT molecular complexity index is 2580. The maximum absolute atomic E-state index is 14.8. The Morgan fingerprint density at radius 3 is 2.34 bits per heavy atom. The van der Waals surface area contributed by atoms with E-state index in [1.807, 2.05) is 30.3 Å². The number of nitrogens with one attached hydrogen (secondary N) is 2. The number of carbonyl (C=O) groups excluding carboxylic acids is 5. The van der Waals surface area contributed by atoms with E-state index in [4.69, 9.17) is 28.2 Å². The minimum atomic E-state index is -2.13. The highest BCUT2D eigenvalue weighted by molar-refractivity contribution is 6.32. The molecule has 0 unspecified atom stereocenters. The lowest BCUT2D eigenvalue weighted by Crippen LogP contribution is -2.47. The van der Waals surface area contributed by atoms with Gasteiger partial charge in [-0.3, -0.25) is 19.2 Å². The van der Waals surface area contributed by atoms with Crippen molar-refractivity contribution in [1.29, 1.82) is 0 Å². The molecule has 0 saturated carbocycles. The van der Waals surface area contributed by atoms with E-state index < -0.39 is 100 Å². The first-order valence-electron chi connectivity index (χ1n) is 22.5. The number of ketones is 3. The highest BCUT2D eigenvalue weighted by Crippen LogP contribution is 2.49. The third kappa shape index (κ3) is 9.58. The molecule has 3 aromatic rings. The summed E-state index contributed by atoms with van der Waals surface area (Å²) in [5, 5.41) is 44.4. The van der Waals surface area contributed by atoms with Crippen LogP contribution in [0.2, 0.25) is 0 Å². The standard InChI is InChI=1S/C50H58N4O14/c1-25-13-12-14-26(2)48(61)52-38-39(54-18-21-64-22-19-54)44(59)35-36(43(38)58)42(57)30(6)46-37(35)47(60)50(7,67-46)65-20-17-34(63-8)27(3)45(29(5)41(56)28(4)40(25)55)66-49(62)51-24-32-23-33(53-68-32)31-15-10-9-11-16-31/h9-17,20,23,25,27-29,34,40-41,45,55-57H,18-19,21-22,24H2,1-8H3,(H,51,62)(H,52,61)/b13-12+,20-17+,26-14-/t25-,27+,28+,29+,34-,40-,41+,45+,50-/m0/s1. The van der Waals surface area contributed by atoms with Crippen molar-refractivity contribution in [3.8, 4) is 22.8 Å². The van der Waals surface area contributed by atoms with Gasteiger partial charge < -0.3 is 59.1 Å². The van der Waals surface area contributed by atoms with Crippen LogP contribution in [-0.4, -0.2) is 118 Å². The topological polar surface area (TPSA) is 246 Å². The molecule has 2 amide bonds. The number of aliphatic hydroxyl groups excluding tert-OH is 2. The number of phenolic OH excluding ortho intramolecular Hbond substituents is 1. The molecular weight excluding hydrogens is 881 g/mol. The number of amides is 2. The SMILES string of the molecule is CO[C@H]1/C=C/O[C@@]2(C)Oc3c(C)c(O)c4c(c3C2=O)C(=O)C(N2CCOCC2)=C(NC(=O)/C(C)=C\C=C\[C@H](C)[C@H](O)[C@@H](C)[C@@H](O)[C@@H](C)[C@H](OC(=O)NCc2cc(-c3ccccc3)no2)[C@@H]1C)C4=O. The number of allylic oxidation sites excluding steroid dienone is 4. The molecular formula is C50H58N4O14. The zero-order chi connectivity index (χ0) is 49.2. The highest BCUT2D eigenvalue weighted by Gasteiger charge is 2.53. The number of ether oxygens (including phenoxy) is 5. The fraction of sp³-hybridized carbons (Fsp3) is 0.440. The van der Waals surface area contributed by atoms with E-state index in [9.17, 15) is 39.3 Å². The molecule has 362 valence electrons. The number of Topliss-reactive ketones (excluding diaryl/α,β-unsaturated/α-hetero) is 3. The second-order valence-corrected chi connectivity index (χ2v) is 17.8. The van der Waals surface area contributed by atoms with Gasteiger partial charge in [0.15, 0.2) is 5.76 Å². The van der Waals surface area contributed by atoms with Crippen molar-refractivity contribution in [3.63, 3.8) is 0 Å². The summed E-state index contributed by atoms with van der Waals surface area (Å²) >= 11 is 0. The monoisotopic (exact) mass is 938 g/mol. The van der Waals surface area contributed by atoms with Crippen molar-refractivity contribution in [2.75, 3.05) is 33.4 Å². The lowest BCUT2D eigenvalue weighted by Gasteiger charge is -2.38. The Balaban J connectivity index is 1.24. The third-order valence-electron chi connectivity index (χ3n) is 13.2. The van der Waals surface area contributed by atoms with Crippen LogP contribution in [0.1, 0.15) is 83.9 Å². The van der Waals surface area contributed by atoms with Gasteiger partial charge in [0, 0.05) is 73.6 Å². The molecule has 0 radical (unpaired) electrons. The van der Waals surface area contributed by atoms with Gasteiger partial charge in [0.1, 0.15) is 34.7 Å². The van der Waals surface area contributed by atoms with E-state index in [0.717, 1.165) is 11.8 Å². The van der Waals surface area contributed by atoms with Gasteiger partial charge in [-0.2, -0.15) is 0 Å². The number of methoxy groups -OCH3 is 1. The van der Waals surface area contributed by atoms with E-state index in [1.165, 1.54) is 40.0 Å². The van der Waals surface area contributed by atoms with Crippen LogP contribution in [0.25, 0.3) is 11.3 Å². The molecule has 0 spiro atoms. The van der Waals surface area contributed by atoms with Crippen LogP contribution >= 0.6 is 0 Å². The first-order valence-corrected chi connectivity index (χ1v) is 22.5. The molecule has 4 aliphatic heterocycles. The van der Waals surface area contributed by atoms with Crippen molar-refractivity contribution in [3.05, 3.63) is 112 Å². The van der Waals surface area contributed by atoms with Crippen LogP contribution in [0, 0.1) is 30.6 Å². The number of rotatable bonds is 6. The number of aromatic hydroxyl groups is 1. The van der Waals surface area contributed by atoms with Gasteiger partial charge >= 0.3 is 11.9 Å². The molecule has 1 fully saturated rings. The predicted molar refractivity (Wildman–Crippen MR) is 244 cm³/mol. The van der Waals surface area contributed by atoms with Gasteiger partial charge in [0.2, 0.25) is 11.6 Å². The van der Waals surface area contributed by atoms with Gasteiger partial charge in [-0.1, -0.05) is 81.4 Å². The molecule has 2 aromatic carbocycles. The number of morpholine rings is 1. The summed E-state index contributed by atoms with van der Waals surface area (Å²) in [6.45, 7) is 11.7. The van der Waals surface area contributed by atoms with Crippen molar-refractivity contribution in [1.82, 2.24) is 20.7 Å². The van der Waals surface area contributed by atoms with Crippen LogP contribution in [0.4, 0.5) is 4.79 Å². The minimum absolute atomic E-state index is 0.0172. The highest BCUT2D eigenvalue weighted by atomic mass is 16.7. The molecule has 1 saturated heterocycles. The molecule has 5 bridgehead atoms. The average Bonchev–Trinajstić information content (AvgIpc) is 3.92. The van der Waals surface area contributed by atoms with Crippen molar-refractivity contribution in [2.45, 2.75) is 85.2 Å². The Hall–Kier alpha value is -6.60. The fourth-order valence-corrected chi connectivity index (χ4v) is 9.04. The molecule has 18 heteroatoms. The van der Waals surface area contributed by atoms with E-state index in [-0.39, 0.29) is 66.7 Å². The number of alkyl carbamates (subject to hydrolysis) is 1. The van der Waals surface area contributed by atoms with Crippen LogP contribution in [-0.2, 0) is 30.3 Å². The second-order valence-electron chi connectivity index (χ2n) is 17.8. The number of aliphatic hydroxyl groups is 2. The summed E-state index contributed by atoms with van der Waals surface area (Å²) in [4.78, 5) is 72.9. The Labute approximate surface area is 393 Å². The number of carbonyl (C=O) groups is 5. The molecule has 1 aliphatic carbocycles. The molecule has 8 rings (SSSR count). The van der Waals surface area contributed by atoms with Crippen molar-refractivity contribution >= 4 is 29.4 Å². The lowest BCUT2D eigenvalue weighted by atomic mass is 9.78. The van der Waals surface area contributed by atoms with E-state index in [1.54, 1.807) is 50.8 Å². The van der Waals surface area contributed by atoms with Gasteiger partial charge in [0.25, 0.3) is 11.7 Å². The first kappa shape index (κ1) is 49.3. The molecule has 9 atom stereocenters. The molecule has 68 heavy (non-hydrogen) atoms. The number of hydrogen-bond donors (Lipinski definition) is 5. The zero-order valence-electron chi connectivity index (χ0n) is 39.2. The predicted octanol–water partition coefficient (Wildman–Crippen LogP) is 5.31. The molecule has 5 aliphatic rings. The number of hydrogen-bond acceptors (Lipinski definition) is 16. The zero-order valence-corrected chi connectivity index (χ0v) is 39.2. The first-order chi connectivity index (χ1) is 32.4. The second kappa shape index (κ2) is 20.3. The maximum atomic E-state index is 14.8. The largest absolute Gasteiger partial charge is 0.507 e. The fourth-order valence-electron chi connectivity index (χ4n) is 9.04. The quantitative estimate of drug-likeness (QED) is 0.210. The van der Waals surface area contributed by atoms with Crippen molar-refractivity contribution in [2.24, 2.45) is 23.7 Å². The van der Waals surface area contributed by atoms with Crippen LogP contribution in [0.15, 0.2) is 88.5 Å². The van der Waals surface area contributed by atoms with Crippen LogP contribution < -0.4 is 15.4 Å². The minimum Gasteiger partial charge on any atom is -0.507 e. The van der Waals surface area contributed by atoms with Gasteiger partial charge in [-0.25, -0.2) is 4.79 Å². The summed E-state index contributed by atoms with van der Waals surface area (Å²) in [5.74, 6) is -8.70. The summed E-state index contributed by atoms with van der Waals surface area (Å²) in [5.41, 5.74) is -0.195. The Morgan fingerprint density at radius 2 is 1.65 bits per heavy atom. The third-order valence-corrected chi connectivity index (χ3v) is 13.2. The number of nitrogens with zero attached hydrogens (tertiary/aromatic N) is 2. The average molecular weight is 939 g/mol. The van der Waals surface area contributed by atoms with E-state index in [0.29, 0.717) is 11.5 Å². The number of aromatic nitrogens is 1. The van der Waals surface area contributed by atoms with Crippen molar-refractivity contribution < 1.29 is 67.5 Å². The van der Waals surface area contributed by atoms with Crippen LogP contribution in [0.3, 0.4) is 0 Å². The Morgan fingerprint density at radius 1 is 0.941 bits per heavy atom. The summed E-state index contributed by atoms with van der Waals surface area (Å²) in [6, 6.07) is 11.0. The lowest BCUT2D eigenvalue weighted by molar-refractivity contribution is -0.116. The maximum Gasteiger partial charge on any atom is 0.407 e. The van der Waals surface area contributed by atoms with Gasteiger partial charge in [-0.15, -0.1) is 0 Å². The molecule has 18 nitrogen and oxygen atoms in total. The number of fused-ring (bicyclic) bond motifs is 14. The van der Waals surface area contributed by atoms with Crippen LogP contribution in [0.5, 0.6) is 11.5 Å². The Kier molecular flexibility index (Phi) is 14.7. The molecule has 1 aromatic heterocycles. The van der Waals surface area contributed by atoms with Gasteiger partial charge in [-0.05, 0) is 19.9 Å². The molecule has 5 heterocycles. The number of benzene rings is 2. The van der Waals surface area contributed by atoms with E-state index in [2.05, 4.69) is 15.8 Å². The normalized spacial score (nSPS) is 29.9. The van der Waals surface area contributed by atoms with Gasteiger partial charge in [0.05, 0.1) is 61.0 Å². The molecule has 5 N–H and O–H groups in total. The van der Waals surface area contributed by atoms with E-state index >= 15 is 0 Å². The summed E-state index contributed by atoms with van der Waals surface area (Å²) in [6.07, 6.45) is 2.10. The smallest absolute Gasteiger partial charge is 0.407 e. The summed E-state index contributed by atoms with van der Waals surface area (Å²) < 4.78 is 35.1. The number of phenols is 1.